The number of carbonyl (C=O) groups excluding carboxylic acids is 1. The Bertz CT molecular complexity index is 1100. The van der Waals surface area contributed by atoms with Crippen molar-refractivity contribution in [2.45, 2.75) is 45.1 Å². The van der Waals surface area contributed by atoms with Gasteiger partial charge in [0, 0.05) is 17.7 Å². The zero-order chi connectivity index (χ0) is 25.2. The highest BCUT2D eigenvalue weighted by Gasteiger charge is 2.50. The number of amides is 1. The van der Waals surface area contributed by atoms with Gasteiger partial charge in [0.05, 0.1) is 12.7 Å². The number of halogens is 3. The molecule has 0 spiro atoms. The number of fused-ring (bicyclic) bond motifs is 3. The Morgan fingerprint density at radius 2 is 1.69 bits per heavy atom. The fourth-order valence-electron chi connectivity index (χ4n) is 5.22. The van der Waals surface area contributed by atoms with Crippen LogP contribution in [0.25, 0.3) is 0 Å². The summed E-state index contributed by atoms with van der Waals surface area (Å²) in [6.07, 6.45) is 4.85. The van der Waals surface area contributed by atoms with Gasteiger partial charge in [0.2, 0.25) is 5.82 Å². The highest BCUT2D eigenvalue weighted by atomic mass is 19.2. The van der Waals surface area contributed by atoms with Gasteiger partial charge in [-0.25, -0.2) is 8.78 Å². The largest absolute Gasteiger partial charge is 0.497 e. The minimum Gasteiger partial charge on any atom is -0.497 e. The number of allylic oxidation sites excluding steroid dienone is 1. The molecule has 9 heteroatoms. The highest BCUT2D eigenvalue weighted by Crippen LogP contribution is 2.58. The van der Waals surface area contributed by atoms with E-state index in [1.165, 1.54) is 7.11 Å². The predicted octanol–water partition coefficient (Wildman–Crippen LogP) is 5.25. The number of hydrogen-bond donors (Lipinski definition) is 3. The van der Waals surface area contributed by atoms with Gasteiger partial charge in [0.25, 0.3) is 5.91 Å². The Morgan fingerprint density at radius 1 is 1.06 bits per heavy atom. The lowest BCUT2D eigenvalue weighted by Gasteiger charge is -2.54. The molecule has 2 aromatic carbocycles. The maximum absolute atomic E-state index is 14.7. The summed E-state index contributed by atoms with van der Waals surface area (Å²) in [6.45, 7) is 4.00. The van der Waals surface area contributed by atoms with Crippen molar-refractivity contribution in [1.29, 1.82) is 0 Å². The van der Waals surface area contributed by atoms with Gasteiger partial charge in [-0.1, -0.05) is 18.7 Å². The van der Waals surface area contributed by atoms with Crippen molar-refractivity contribution in [2.24, 2.45) is 10.8 Å². The van der Waals surface area contributed by atoms with Crippen molar-refractivity contribution < 1.29 is 32.6 Å². The van der Waals surface area contributed by atoms with Crippen LogP contribution in [0.4, 0.5) is 13.2 Å². The number of methoxy groups -OCH3 is 1. The molecule has 3 N–H and O–H groups in total. The van der Waals surface area contributed by atoms with Gasteiger partial charge in [0.15, 0.2) is 17.4 Å². The van der Waals surface area contributed by atoms with Gasteiger partial charge in [-0.05, 0) is 67.7 Å². The Labute approximate surface area is 202 Å². The lowest BCUT2D eigenvalue weighted by molar-refractivity contribution is -0.000963. The van der Waals surface area contributed by atoms with Crippen molar-refractivity contribution in [2.75, 3.05) is 13.7 Å². The summed E-state index contributed by atoms with van der Waals surface area (Å²) >= 11 is 0. The molecule has 0 aromatic heterocycles. The summed E-state index contributed by atoms with van der Waals surface area (Å²) in [5.41, 5.74) is 2.38. The van der Waals surface area contributed by atoms with Crippen LogP contribution >= 0.6 is 0 Å². The summed E-state index contributed by atoms with van der Waals surface area (Å²) in [6, 6.07) is 7.30. The molecule has 3 aliphatic carbocycles. The molecule has 0 aliphatic heterocycles. The minimum atomic E-state index is -1.54. The van der Waals surface area contributed by atoms with E-state index in [0.29, 0.717) is 23.1 Å². The molecule has 1 amide bonds. The standard InChI is InChI=1S/C26H29F3N2O4/c1-16(31-33)26-10-7-25(8-11-26,9-12-26)15-30-24(32)19-13-20(27)23(22(29)21(19)28)35-14-17-3-5-18(34-2)6-4-17/h3-6,13,31,33H,1,7-12,14-15H2,2H3,(H,30,32). The lowest BCUT2D eigenvalue weighted by Crippen LogP contribution is -2.49. The Hall–Kier alpha value is -3.20. The monoisotopic (exact) mass is 490 g/mol. The molecule has 0 radical (unpaired) electrons. The molecule has 3 aliphatic rings. The Kier molecular flexibility index (Phi) is 6.98. The molecule has 6 nitrogen and oxygen atoms in total. The zero-order valence-corrected chi connectivity index (χ0v) is 19.6. The first-order chi connectivity index (χ1) is 16.7. The fourth-order valence-corrected chi connectivity index (χ4v) is 5.22. The van der Waals surface area contributed by atoms with Gasteiger partial charge in [-0.2, -0.15) is 4.39 Å². The summed E-state index contributed by atoms with van der Waals surface area (Å²) in [7, 11) is 1.51. The molecule has 188 valence electrons. The molecular formula is C26H29F3N2O4. The topological polar surface area (TPSA) is 79.8 Å². The number of rotatable bonds is 9. The van der Waals surface area contributed by atoms with Crippen LogP contribution in [0, 0.1) is 28.3 Å². The number of hydroxylamine groups is 1. The average molecular weight is 491 g/mol. The average Bonchev–Trinajstić information content (AvgIpc) is 2.90. The van der Waals surface area contributed by atoms with Crippen LogP contribution in [-0.4, -0.2) is 24.8 Å². The zero-order valence-electron chi connectivity index (χ0n) is 19.6. The van der Waals surface area contributed by atoms with E-state index in [2.05, 4.69) is 17.4 Å². The van der Waals surface area contributed by atoms with E-state index >= 15 is 0 Å². The van der Waals surface area contributed by atoms with Gasteiger partial charge < -0.3 is 14.8 Å². The summed E-state index contributed by atoms with van der Waals surface area (Å²) in [5.74, 6) is -5.29. The third-order valence-corrected chi connectivity index (χ3v) is 7.70. The van der Waals surface area contributed by atoms with E-state index in [-0.39, 0.29) is 24.0 Å². The molecular weight excluding hydrogens is 461 g/mol. The van der Waals surface area contributed by atoms with Crippen LogP contribution < -0.4 is 20.3 Å². The summed E-state index contributed by atoms with van der Waals surface area (Å²) in [4.78, 5) is 12.7. The highest BCUT2D eigenvalue weighted by molar-refractivity contribution is 5.94. The van der Waals surface area contributed by atoms with Gasteiger partial charge in [-0.15, -0.1) is 0 Å². The molecule has 2 bridgehead atoms. The van der Waals surface area contributed by atoms with Crippen molar-refractivity contribution in [3.05, 3.63) is 71.2 Å². The summed E-state index contributed by atoms with van der Waals surface area (Å²) in [5, 5.41) is 11.9. The third kappa shape index (κ3) is 4.82. The number of nitrogens with one attached hydrogen (secondary N) is 2. The molecule has 3 saturated carbocycles. The number of ether oxygens (including phenoxy) is 2. The molecule has 0 unspecified atom stereocenters. The van der Waals surface area contributed by atoms with Crippen LogP contribution in [0.2, 0.25) is 0 Å². The molecule has 0 saturated heterocycles. The van der Waals surface area contributed by atoms with Gasteiger partial charge >= 0.3 is 0 Å². The molecule has 5 rings (SSSR count). The third-order valence-electron chi connectivity index (χ3n) is 7.70. The van der Waals surface area contributed by atoms with Crippen molar-refractivity contribution in [3.8, 4) is 11.5 Å². The maximum atomic E-state index is 14.7. The first-order valence-corrected chi connectivity index (χ1v) is 11.5. The van der Waals surface area contributed by atoms with Gasteiger partial charge in [0.1, 0.15) is 12.4 Å². The van der Waals surface area contributed by atoms with Crippen LogP contribution in [-0.2, 0) is 6.61 Å². The minimum absolute atomic E-state index is 0.152. The molecule has 3 fully saturated rings. The number of benzene rings is 2. The molecule has 2 aromatic rings. The normalized spacial score (nSPS) is 23.0. The van der Waals surface area contributed by atoms with E-state index in [1.807, 2.05) is 0 Å². The number of carbonyl (C=O) groups is 1. The Balaban J connectivity index is 1.40. The van der Waals surface area contributed by atoms with Crippen LogP contribution in [0.15, 0.2) is 42.6 Å². The first-order valence-electron chi connectivity index (χ1n) is 11.5. The second-order valence-corrected chi connectivity index (χ2v) is 9.55. The molecule has 35 heavy (non-hydrogen) atoms. The molecule has 0 atom stereocenters. The predicted molar refractivity (Wildman–Crippen MR) is 123 cm³/mol. The van der Waals surface area contributed by atoms with Crippen LogP contribution in [0.1, 0.15) is 54.4 Å². The van der Waals surface area contributed by atoms with E-state index < -0.39 is 34.7 Å². The second kappa shape index (κ2) is 9.81. The van der Waals surface area contributed by atoms with Crippen LogP contribution in [0.5, 0.6) is 11.5 Å². The smallest absolute Gasteiger partial charge is 0.254 e. The van der Waals surface area contributed by atoms with E-state index in [0.717, 1.165) is 38.5 Å². The van der Waals surface area contributed by atoms with E-state index in [4.69, 9.17) is 9.47 Å². The number of hydrogen-bond acceptors (Lipinski definition) is 5. The Morgan fingerprint density at radius 3 is 2.26 bits per heavy atom. The summed E-state index contributed by atoms with van der Waals surface area (Å²) < 4.78 is 54.2. The first kappa shape index (κ1) is 24.9. The quantitative estimate of drug-likeness (QED) is 0.330. The lowest BCUT2D eigenvalue weighted by atomic mass is 9.53. The van der Waals surface area contributed by atoms with E-state index in [9.17, 15) is 23.2 Å². The van der Waals surface area contributed by atoms with Crippen LogP contribution in [0.3, 0.4) is 0 Å². The van der Waals surface area contributed by atoms with Crippen molar-refractivity contribution in [3.63, 3.8) is 0 Å². The molecule has 0 heterocycles. The van der Waals surface area contributed by atoms with Gasteiger partial charge in [-0.3, -0.25) is 15.5 Å². The van der Waals surface area contributed by atoms with Crippen molar-refractivity contribution >= 4 is 5.91 Å². The SMILES string of the molecule is C=C(NO)C12CCC(CNC(=O)c3cc(F)c(OCc4ccc(OC)cc4)c(F)c3F)(CC1)CC2. The van der Waals surface area contributed by atoms with Crippen molar-refractivity contribution in [1.82, 2.24) is 10.8 Å². The fraction of sp³-hybridized carbons (Fsp3) is 0.423. The maximum Gasteiger partial charge on any atom is 0.254 e. The van der Waals surface area contributed by atoms with E-state index in [1.54, 1.807) is 24.3 Å². The second-order valence-electron chi connectivity index (χ2n) is 9.55.